The van der Waals surface area contributed by atoms with Gasteiger partial charge < -0.3 is 34.6 Å². The lowest BCUT2D eigenvalue weighted by molar-refractivity contribution is -0.162. The summed E-state index contributed by atoms with van der Waals surface area (Å²) in [7, 11) is 0. The summed E-state index contributed by atoms with van der Waals surface area (Å²) in [6.07, 6.45) is -2.38. The van der Waals surface area contributed by atoms with E-state index in [-0.39, 0.29) is 24.2 Å². The minimum Gasteiger partial charge on any atom is -0.458 e. The number of esters is 2. The van der Waals surface area contributed by atoms with Crippen LogP contribution >= 0.6 is 0 Å². The first-order chi connectivity index (χ1) is 13.6. The van der Waals surface area contributed by atoms with E-state index in [2.05, 4.69) is 6.58 Å². The zero-order chi connectivity index (χ0) is 21.3. The number of carbonyl (C=O) groups is 2. The first-order valence-electron chi connectivity index (χ1n) is 9.66. The van der Waals surface area contributed by atoms with E-state index in [1.807, 2.05) is 0 Å². The van der Waals surface area contributed by atoms with Crippen LogP contribution in [0.25, 0.3) is 0 Å². The van der Waals surface area contributed by atoms with Gasteiger partial charge in [-0.05, 0) is 19.9 Å². The fourth-order valence-electron chi connectivity index (χ4n) is 5.54. The average molecular weight is 410 g/mol. The second-order valence-corrected chi connectivity index (χ2v) is 8.66. The minimum absolute atomic E-state index is 0.111. The number of epoxide rings is 1. The van der Waals surface area contributed by atoms with Crippen LogP contribution in [0.1, 0.15) is 20.3 Å². The molecule has 0 aromatic rings. The van der Waals surface area contributed by atoms with Gasteiger partial charge in [-0.2, -0.15) is 0 Å². The molecule has 4 rings (SSSR count). The van der Waals surface area contributed by atoms with Crippen LogP contribution in [0.3, 0.4) is 0 Å². The lowest BCUT2D eigenvalue weighted by Crippen LogP contribution is -2.52. The van der Waals surface area contributed by atoms with Crippen LogP contribution in [0.5, 0.6) is 0 Å². The third-order valence-corrected chi connectivity index (χ3v) is 7.06. The Morgan fingerprint density at radius 1 is 1.38 bits per heavy atom. The highest BCUT2D eigenvalue weighted by molar-refractivity contribution is 5.91. The van der Waals surface area contributed by atoms with Crippen LogP contribution in [-0.2, 0) is 23.8 Å². The molecule has 9 nitrogen and oxygen atoms in total. The fourth-order valence-corrected chi connectivity index (χ4v) is 5.54. The van der Waals surface area contributed by atoms with Crippen molar-refractivity contribution < 1.29 is 44.2 Å². The van der Waals surface area contributed by atoms with Gasteiger partial charge >= 0.3 is 11.9 Å². The van der Waals surface area contributed by atoms with Crippen LogP contribution in [-0.4, -0.2) is 81.2 Å². The van der Waals surface area contributed by atoms with Gasteiger partial charge in [0.1, 0.15) is 23.9 Å². The Hall–Kier alpha value is -1.78. The standard InChI is InChI=1S/C20H26O9/c1-8(4-5-21)17(24)27-10-6-20(26,7-22)12-13(19(3)16(29-19)14(12)23)15-11(10)9(2)18(25)28-15/h4,10-16,21-23,26H,2,5-7H2,1,3H3/b8-4+/t10-,11-,12+,13+,14+,15+,16-,19+,20+/m1/s1. The zero-order valence-electron chi connectivity index (χ0n) is 16.3. The highest BCUT2D eigenvalue weighted by atomic mass is 16.6. The summed E-state index contributed by atoms with van der Waals surface area (Å²) < 4.78 is 16.8. The monoisotopic (exact) mass is 410 g/mol. The molecule has 29 heavy (non-hydrogen) atoms. The summed E-state index contributed by atoms with van der Waals surface area (Å²) in [5.41, 5.74) is -2.33. The van der Waals surface area contributed by atoms with Gasteiger partial charge in [-0.1, -0.05) is 6.58 Å². The number of fused-ring (bicyclic) bond motifs is 5. The number of ether oxygens (including phenoxy) is 3. The molecule has 2 heterocycles. The molecule has 9 atom stereocenters. The van der Waals surface area contributed by atoms with Gasteiger partial charge in [0.15, 0.2) is 0 Å². The number of rotatable bonds is 4. The molecular weight excluding hydrogens is 384 g/mol. The Kier molecular flexibility index (Phi) is 4.67. The van der Waals surface area contributed by atoms with E-state index >= 15 is 0 Å². The van der Waals surface area contributed by atoms with Gasteiger partial charge in [0.05, 0.1) is 30.8 Å². The van der Waals surface area contributed by atoms with Crippen LogP contribution in [0, 0.1) is 17.8 Å². The van der Waals surface area contributed by atoms with E-state index in [0.29, 0.717) is 0 Å². The molecule has 4 fully saturated rings. The van der Waals surface area contributed by atoms with Crippen molar-refractivity contribution >= 4 is 11.9 Å². The second-order valence-electron chi connectivity index (χ2n) is 8.66. The van der Waals surface area contributed by atoms with Crippen molar-refractivity contribution in [1.29, 1.82) is 0 Å². The Balaban J connectivity index is 1.76. The van der Waals surface area contributed by atoms with Crippen molar-refractivity contribution in [2.75, 3.05) is 13.2 Å². The Morgan fingerprint density at radius 3 is 2.69 bits per heavy atom. The van der Waals surface area contributed by atoms with E-state index in [0.717, 1.165) is 0 Å². The summed E-state index contributed by atoms with van der Waals surface area (Å²) >= 11 is 0. The molecule has 0 aromatic carbocycles. The number of hydrogen-bond donors (Lipinski definition) is 4. The Bertz CT molecular complexity index is 791. The molecule has 0 radical (unpaired) electrons. The van der Waals surface area contributed by atoms with Gasteiger partial charge in [-0.3, -0.25) is 0 Å². The van der Waals surface area contributed by atoms with E-state index in [9.17, 15) is 24.9 Å². The molecule has 4 N–H and O–H groups in total. The third kappa shape index (κ3) is 2.79. The lowest BCUT2D eigenvalue weighted by atomic mass is 9.74. The van der Waals surface area contributed by atoms with Gasteiger partial charge in [0, 0.05) is 29.4 Å². The van der Waals surface area contributed by atoms with E-state index in [4.69, 9.17) is 19.3 Å². The van der Waals surface area contributed by atoms with E-state index in [1.165, 1.54) is 13.0 Å². The summed E-state index contributed by atoms with van der Waals surface area (Å²) in [5.74, 6) is -3.55. The maximum Gasteiger partial charge on any atom is 0.334 e. The van der Waals surface area contributed by atoms with Gasteiger partial charge in [-0.25, -0.2) is 9.59 Å². The second kappa shape index (κ2) is 6.61. The smallest absolute Gasteiger partial charge is 0.334 e. The van der Waals surface area contributed by atoms with Gasteiger partial charge in [0.2, 0.25) is 0 Å². The minimum atomic E-state index is -1.78. The van der Waals surface area contributed by atoms with Crippen LogP contribution < -0.4 is 0 Å². The maximum atomic E-state index is 12.5. The number of aliphatic hydroxyl groups excluding tert-OH is 3. The largest absolute Gasteiger partial charge is 0.458 e. The predicted octanol–water partition coefficient (Wildman–Crippen LogP) is -1.17. The summed E-state index contributed by atoms with van der Waals surface area (Å²) in [6, 6.07) is 0. The normalized spacial score (nSPS) is 48.3. The molecule has 160 valence electrons. The van der Waals surface area contributed by atoms with Crippen molar-refractivity contribution in [2.24, 2.45) is 17.8 Å². The third-order valence-electron chi connectivity index (χ3n) is 7.06. The first kappa shape index (κ1) is 20.5. The van der Waals surface area contributed by atoms with E-state index in [1.54, 1.807) is 6.92 Å². The topological polar surface area (TPSA) is 146 Å². The molecule has 0 amide bonds. The van der Waals surface area contributed by atoms with Crippen molar-refractivity contribution in [3.8, 4) is 0 Å². The Labute approximate surface area is 167 Å². The summed E-state index contributed by atoms with van der Waals surface area (Å²) in [6.45, 7) is 6.02. The van der Waals surface area contributed by atoms with Crippen LogP contribution in [0.4, 0.5) is 0 Å². The fraction of sp³-hybridized carbons (Fsp3) is 0.700. The van der Waals surface area contributed by atoms with Crippen LogP contribution in [0.15, 0.2) is 23.8 Å². The van der Waals surface area contributed by atoms with Gasteiger partial charge in [-0.15, -0.1) is 0 Å². The van der Waals surface area contributed by atoms with Crippen molar-refractivity contribution in [3.63, 3.8) is 0 Å². The number of hydrogen-bond acceptors (Lipinski definition) is 9. The Morgan fingerprint density at radius 2 is 2.07 bits per heavy atom. The molecule has 2 aliphatic carbocycles. The molecule has 0 unspecified atom stereocenters. The zero-order valence-corrected chi connectivity index (χ0v) is 16.3. The van der Waals surface area contributed by atoms with Crippen molar-refractivity contribution in [3.05, 3.63) is 23.8 Å². The quantitative estimate of drug-likeness (QED) is 0.256. The summed E-state index contributed by atoms with van der Waals surface area (Å²) in [5, 5.41) is 41.1. The average Bonchev–Trinajstić information content (AvgIpc) is 3.22. The highest BCUT2D eigenvalue weighted by Crippen LogP contribution is 2.64. The molecule has 2 aliphatic heterocycles. The molecule has 0 aromatic heterocycles. The number of carbonyl (C=O) groups excluding carboxylic acids is 2. The molecular formula is C20H26O9. The lowest BCUT2D eigenvalue weighted by Gasteiger charge is -2.39. The number of aliphatic hydroxyl groups is 4. The molecule has 9 heteroatoms. The van der Waals surface area contributed by atoms with Crippen LogP contribution in [0.2, 0.25) is 0 Å². The van der Waals surface area contributed by atoms with Crippen molar-refractivity contribution in [2.45, 2.75) is 55.9 Å². The molecule has 2 saturated carbocycles. The predicted molar refractivity (Wildman–Crippen MR) is 96.2 cm³/mol. The first-order valence-corrected chi connectivity index (χ1v) is 9.66. The highest BCUT2D eigenvalue weighted by Gasteiger charge is 2.78. The summed E-state index contributed by atoms with van der Waals surface area (Å²) in [4.78, 5) is 24.8. The van der Waals surface area contributed by atoms with Crippen molar-refractivity contribution in [1.82, 2.24) is 0 Å². The van der Waals surface area contributed by atoms with Gasteiger partial charge in [0.25, 0.3) is 0 Å². The molecule has 4 aliphatic rings. The molecule has 0 bridgehead atoms. The molecule has 2 saturated heterocycles. The van der Waals surface area contributed by atoms with E-state index < -0.39 is 71.9 Å². The molecule has 0 spiro atoms. The maximum absolute atomic E-state index is 12.5. The SMILES string of the molecule is C=C1C(=O)O[C@H]2[C@H]1[C@H](OC(=O)/C(C)=C/CO)C[C@](O)(CO)[C@@H]1[C@H](O)[C@H]3O[C@@]3(C)[C@H]21.